The van der Waals surface area contributed by atoms with Gasteiger partial charge in [-0.2, -0.15) is 17.9 Å². The number of alkyl halides is 3. The van der Waals surface area contributed by atoms with Crippen LogP contribution in [0.5, 0.6) is 0 Å². The molecular formula is C10H9F3N4O. The maximum Gasteiger partial charge on any atom is 0.417 e. The summed E-state index contributed by atoms with van der Waals surface area (Å²) in [5.74, 6) is 0.499. The van der Waals surface area contributed by atoms with Crippen molar-refractivity contribution in [1.82, 2.24) is 19.3 Å². The summed E-state index contributed by atoms with van der Waals surface area (Å²) in [5.41, 5.74) is -1.33. The van der Waals surface area contributed by atoms with E-state index in [1.54, 1.807) is 6.92 Å². The van der Waals surface area contributed by atoms with Crippen LogP contribution in [0.4, 0.5) is 13.2 Å². The lowest BCUT2D eigenvalue weighted by Crippen LogP contribution is -2.22. The Morgan fingerprint density at radius 3 is 2.33 bits per heavy atom. The molecule has 0 fully saturated rings. The van der Waals surface area contributed by atoms with Gasteiger partial charge in [-0.15, -0.1) is 5.10 Å². The average molecular weight is 258 g/mol. The summed E-state index contributed by atoms with van der Waals surface area (Å²) in [6.45, 7) is 1.61. The van der Waals surface area contributed by atoms with Crippen LogP contribution in [0.2, 0.25) is 0 Å². The predicted molar refractivity (Wildman–Crippen MR) is 56.3 cm³/mol. The number of aryl methyl sites for hydroxylation is 1. The number of halogens is 3. The maximum absolute atomic E-state index is 12.3. The Labute approximate surface area is 99.5 Å². The minimum Gasteiger partial charge on any atom is -0.282 e. The van der Waals surface area contributed by atoms with Gasteiger partial charge < -0.3 is 0 Å². The normalized spacial score (nSPS) is 11.8. The lowest BCUT2D eigenvalue weighted by molar-refractivity contribution is -0.137. The first-order valence-corrected chi connectivity index (χ1v) is 4.97. The molecular weight excluding hydrogens is 249 g/mol. The molecule has 0 saturated carbocycles. The van der Waals surface area contributed by atoms with Crippen molar-refractivity contribution in [1.29, 1.82) is 0 Å². The average Bonchev–Trinajstić information content (AvgIpc) is 2.56. The molecule has 0 unspecified atom stereocenters. The minimum atomic E-state index is -4.45. The molecule has 0 aromatic carbocycles. The molecule has 2 heterocycles. The van der Waals surface area contributed by atoms with Gasteiger partial charge in [-0.05, 0) is 19.1 Å². The van der Waals surface area contributed by atoms with E-state index in [2.05, 4.69) is 10.1 Å². The largest absolute Gasteiger partial charge is 0.417 e. The highest BCUT2D eigenvalue weighted by Crippen LogP contribution is 2.28. The second-order valence-electron chi connectivity index (χ2n) is 3.70. The van der Waals surface area contributed by atoms with Crippen molar-refractivity contribution in [2.75, 3.05) is 0 Å². The molecule has 0 aliphatic heterocycles. The van der Waals surface area contributed by atoms with E-state index >= 15 is 0 Å². The van der Waals surface area contributed by atoms with E-state index < -0.39 is 17.4 Å². The fourth-order valence-electron chi connectivity index (χ4n) is 1.36. The molecule has 0 amide bonds. The highest BCUT2D eigenvalue weighted by molar-refractivity contribution is 5.25. The fraction of sp³-hybridized carbons (Fsp3) is 0.300. The van der Waals surface area contributed by atoms with Crippen LogP contribution in [0.25, 0.3) is 5.82 Å². The third-order valence-electron chi connectivity index (χ3n) is 2.49. The van der Waals surface area contributed by atoms with Crippen molar-refractivity contribution in [3.05, 3.63) is 40.2 Å². The Balaban J connectivity index is 2.47. The van der Waals surface area contributed by atoms with Gasteiger partial charge >= 0.3 is 11.9 Å². The summed E-state index contributed by atoms with van der Waals surface area (Å²) in [4.78, 5) is 15.3. The Morgan fingerprint density at radius 1 is 1.28 bits per heavy atom. The number of hydrogen-bond acceptors (Lipinski definition) is 3. The third kappa shape index (κ3) is 2.01. The smallest absolute Gasteiger partial charge is 0.282 e. The van der Waals surface area contributed by atoms with Gasteiger partial charge in [0, 0.05) is 13.2 Å². The number of aromatic nitrogens is 4. The quantitative estimate of drug-likeness (QED) is 0.774. The van der Waals surface area contributed by atoms with E-state index in [9.17, 15) is 18.0 Å². The summed E-state index contributed by atoms with van der Waals surface area (Å²) >= 11 is 0. The SMILES string of the molecule is Cc1nn(-c2ccc(C(F)(F)F)cn2)c(=O)n1C. The second-order valence-corrected chi connectivity index (χ2v) is 3.70. The highest BCUT2D eigenvalue weighted by atomic mass is 19.4. The van der Waals surface area contributed by atoms with Gasteiger partial charge in [0.2, 0.25) is 0 Å². The van der Waals surface area contributed by atoms with Crippen molar-refractivity contribution in [3.8, 4) is 5.82 Å². The summed E-state index contributed by atoms with van der Waals surface area (Å²) in [6, 6.07) is 1.97. The lowest BCUT2D eigenvalue weighted by Gasteiger charge is -2.06. The van der Waals surface area contributed by atoms with Crippen LogP contribution >= 0.6 is 0 Å². The Kier molecular flexibility index (Phi) is 2.72. The molecule has 2 aromatic rings. The standard InChI is InChI=1S/C10H9F3N4O/c1-6-15-17(9(18)16(6)2)8-4-3-7(5-14-8)10(11,12)13/h3-5H,1-2H3. The summed E-state index contributed by atoms with van der Waals surface area (Å²) in [6.07, 6.45) is -3.78. The number of hydrogen-bond donors (Lipinski definition) is 0. The molecule has 2 rings (SSSR count). The zero-order valence-electron chi connectivity index (χ0n) is 9.56. The zero-order valence-corrected chi connectivity index (χ0v) is 9.56. The monoisotopic (exact) mass is 258 g/mol. The summed E-state index contributed by atoms with van der Waals surface area (Å²) < 4.78 is 39.3. The second kappa shape index (κ2) is 3.97. The molecule has 0 bridgehead atoms. The third-order valence-corrected chi connectivity index (χ3v) is 2.49. The van der Waals surface area contributed by atoms with Crippen LogP contribution in [0.3, 0.4) is 0 Å². The fourth-order valence-corrected chi connectivity index (χ4v) is 1.36. The molecule has 0 spiro atoms. The van der Waals surface area contributed by atoms with Crippen molar-refractivity contribution in [2.24, 2.45) is 7.05 Å². The van der Waals surface area contributed by atoms with E-state index in [0.717, 1.165) is 16.8 Å². The molecule has 0 aliphatic rings. The summed E-state index contributed by atoms with van der Waals surface area (Å²) in [7, 11) is 1.52. The molecule has 0 N–H and O–H groups in total. The predicted octanol–water partition coefficient (Wildman–Crippen LogP) is 1.29. The van der Waals surface area contributed by atoms with Crippen LogP contribution in [0, 0.1) is 6.92 Å². The topological polar surface area (TPSA) is 52.7 Å². The van der Waals surface area contributed by atoms with Gasteiger partial charge in [0.1, 0.15) is 5.82 Å². The van der Waals surface area contributed by atoms with Crippen LogP contribution in [0.1, 0.15) is 11.4 Å². The van der Waals surface area contributed by atoms with E-state index in [1.165, 1.54) is 11.6 Å². The molecule has 96 valence electrons. The minimum absolute atomic E-state index is 0.0525. The van der Waals surface area contributed by atoms with Gasteiger partial charge in [0.15, 0.2) is 5.82 Å². The molecule has 2 aromatic heterocycles. The van der Waals surface area contributed by atoms with Crippen LogP contribution in [-0.2, 0) is 13.2 Å². The Bertz CT molecular complexity index is 624. The van der Waals surface area contributed by atoms with Gasteiger partial charge in [-0.1, -0.05) is 0 Å². The summed E-state index contributed by atoms with van der Waals surface area (Å²) in [5, 5.41) is 3.90. The van der Waals surface area contributed by atoms with Gasteiger partial charge in [0.05, 0.1) is 5.56 Å². The van der Waals surface area contributed by atoms with Crippen molar-refractivity contribution < 1.29 is 13.2 Å². The molecule has 0 atom stereocenters. The molecule has 0 radical (unpaired) electrons. The van der Waals surface area contributed by atoms with Gasteiger partial charge in [0.25, 0.3) is 0 Å². The lowest BCUT2D eigenvalue weighted by atomic mass is 10.3. The van der Waals surface area contributed by atoms with Gasteiger partial charge in [-0.3, -0.25) is 4.57 Å². The first-order chi connectivity index (χ1) is 8.30. The van der Waals surface area contributed by atoms with Crippen molar-refractivity contribution in [2.45, 2.75) is 13.1 Å². The molecule has 0 aliphatic carbocycles. The van der Waals surface area contributed by atoms with E-state index in [-0.39, 0.29) is 5.82 Å². The molecule has 18 heavy (non-hydrogen) atoms. The molecule has 0 saturated heterocycles. The Morgan fingerprint density at radius 2 is 1.94 bits per heavy atom. The van der Waals surface area contributed by atoms with Crippen LogP contribution < -0.4 is 5.69 Å². The number of rotatable bonds is 1. The van der Waals surface area contributed by atoms with Crippen LogP contribution in [-0.4, -0.2) is 19.3 Å². The molecule has 8 heteroatoms. The molecule has 5 nitrogen and oxygen atoms in total. The maximum atomic E-state index is 12.3. The van der Waals surface area contributed by atoms with E-state index in [1.807, 2.05) is 0 Å². The van der Waals surface area contributed by atoms with E-state index in [0.29, 0.717) is 12.0 Å². The first-order valence-electron chi connectivity index (χ1n) is 4.97. The van der Waals surface area contributed by atoms with Crippen molar-refractivity contribution >= 4 is 0 Å². The first kappa shape index (κ1) is 12.3. The Hall–Kier alpha value is -2.12. The number of nitrogens with zero attached hydrogens (tertiary/aromatic N) is 4. The van der Waals surface area contributed by atoms with Crippen LogP contribution in [0.15, 0.2) is 23.1 Å². The van der Waals surface area contributed by atoms with E-state index in [4.69, 9.17) is 0 Å². The zero-order chi connectivity index (χ0) is 13.5. The highest BCUT2D eigenvalue weighted by Gasteiger charge is 2.30. The van der Waals surface area contributed by atoms with Gasteiger partial charge in [-0.25, -0.2) is 9.78 Å². The van der Waals surface area contributed by atoms with Crippen molar-refractivity contribution in [3.63, 3.8) is 0 Å². The number of pyridine rings is 1.